The van der Waals surface area contributed by atoms with Crippen LogP contribution >= 0.6 is 12.2 Å². The molecule has 0 aliphatic carbocycles. The average Bonchev–Trinajstić information content (AvgIpc) is 1.63. The number of rotatable bonds is 3. The second-order valence-electron chi connectivity index (χ2n) is 2.28. The van der Waals surface area contributed by atoms with Gasteiger partial charge >= 0.3 is 51.4 Å². The van der Waals surface area contributed by atoms with Crippen LogP contribution in [0.3, 0.4) is 0 Å². The summed E-state index contributed by atoms with van der Waals surface area (Å²) in [5, 5.41) is 0. The Morgan fingerprint density at radius 2 is 2.10 bits per heavy atom. The van der Waals surface area contributed by atoms with E-state index in [1.807, 2.05) is 0 Å². The van der Waals surface area contributed by atoms with Gasteiger partial charge in [0.15, 0.2) is 0 Å². The zero-order chi connectivity index (χ0) is 7.28. The van der Waals surface area contributed by atoms with Gasteiger partial charge in [-0.05, 0) is 12.3 Å². The summed E-state index contributed by atoms with van der Waals surface area (Å²) in [7, 11) is 0. The molecule has 0 rings (SSSR count). The van der Waals surface area contributed by atoms with Gasteiger partial charge in [-0.1, -0.05) is 13.8 Å². The standard InChI is InChI=1S/C6H12OS2.K/c1-5(2)3-4-7-6(8)9;/h5H,3-4H2,1-2H3,(H,8,9);/q;+1/p-1. The maximum absolute atomic E-state index is 4.90. The van der Waals surface area contributed by atoms with E-state index in [0.29, 0.717) is 12.5 Å². The van der Waals surface area contributed by atoms with Crippen molar-refractivity contribution in [3.05, 3.63) is 0 Å². The molecule has 0 heterocycles. The van der Waals surface area contributed by atoms with Crippen LogP contribution in [0.4, 0.5) is 0 Å². The summed E-state index contributed by atoms with van der Waals surface area (Å²) in [6.07, 6.45) is 1.02. The van der Waals surface area contributed by atoms with Crippen molar-refractivity contribution in [2.24, 2.45) is 5.92 Å². The minimum Gasteiger partial charge on any atom is -0.514 e. The first-order chi connectivity index (χ1) is 4.13. The molecule has 10 heavy (non-hydrogen) atoms. The van der Waals surface area contributed by atoms with Crippen LogP contribution in [0.1, 0.15) is 20.3 Å². The zero-order valence-electron chi connectivity index (χ0n) is 6.72. The fourth-order valence-corrected chi connectivity index (χ4v) is 0.545. The van der Waals surface area contributed by atoms with E-state index in [9.17, 15) is 0 Å². The predicted molar refractivity (Wildman–Crippen MR) is 45.4 cm³/mol. The molecule has 0 atom stereocenters. The Morgan fingerprint density at radius 3 is 2.40 bits per heavy atom. The predicted octanol–water partition coefficient (Wildman–Crippen LogP) is -1.12. The number of hydrogen-bond acceptors (Lipinski definition) is 3. The van der Waals surface area contributed by atoms with Crippen LogP contribution in [0.2, 0.25) is 0 Å². The average molecular weight is 202 g/mol. The fraction of sp³-hybridized carbons (Fsp3) is 0.833. The van der Waals surface area contributed by atoms with E-state index in [1.54, 1.807) is 0 Å². The van der Waals surface area contributed by atoms with Gasteiger partial charge in [-0.25, -0.2) is 0 Å². The van der Waals surface area contributed by atoms with Gasteiger partial charge in [-0.15, -0.1) is 0 Å². The van der Waals surface area contributed by atoms with Crippen LogP contribution in [0, 0.1) is 5.92 Å². The first kappa shape index (κ1) is 14.3. The summed E-state index contributed by atoms with van der Waals surface area (Å²) in [5.41, 5.74) is 0. The van der Waals surface area contributed by atoms with Gasteiger partial charge in [0.1, 0.15) is 0 Å². The first-order valence-corrected chi connectivity index (χ1v) is 3.78. The second-order valence-corrected chi connectivity index (χ2v) is 3.28. The van der Waals surface area contributed by atoms with Crippen molar-refractivity contribution >= 4 is 29.2 Å². The molecule has 0 saturated heterocycles. The van der Waals surface area contributed by atoms with E-state index in [-0.39, 0.29) is 55.8 Å². The summed E-state index contributed by atoms with van der Waals surface area (Å²) in [4.78, 5) is 0. The topological polar surface area (TPSA) is 9.23 Å². The maximum atomic E-state index is 4.90. The molecule has 0 fully saturated rings. The van der Waals surface area contributed by atoms with Crippen molar-refractivity contribution < 1.29 is 56.1 Å². The Kier molecular flexibility index (Phi) is 12.6. The smallest absolute Gasteiger partial charge is 0.514 e. The molecule has 0 amide bonds. The van der Waals surface area contributed by atoms with Gasteiger partial charge in [0.05, 0.1) is 6.61 Å². The minimum absolute atomic E-state index is 0. The molecule has 0 N–H and O–H groups in total. The van der Waals surface area contributed by atoms with Crippen LogP contribution in [0.5, 0.6) is 0 Å². The Morgan fingerprint density at radius 1 is 1.60 bits per heavy atom. The molecule has 0 radical (unpaired) electrons. The molecular formula is C6H11KOS2. The SMILES string of the molecule is CC(C)CCOC(=S)[S-].[K+]. The Balaban J connectivity index is 0. The molecule has 4 heteroatoms. The summed E-state index contributed by atoms with van der Waals surface area (Å²) < 4.78 is 5.13. The van der Waals surface area contributed by atoms with Gasteiger partial charge in [0.2, 0.25) is 0 Å². The molecule has 1 nitrogen and oxygen atoms in total. The van der Waals surface area contributed by atoms with Crippen LogP contribution in [-0.2, 0) is 17.4 Å². The molecule has 0 spiro atoms. The quantitative estimate of drug-likeness (QED) is 0.326. The summed E-state index contributed by atoms with van der Waals surface area (Å²) in [6.45, 7) is 4.94. The maximum Gasteiger partial charge on any atom is 1.00 e. The Labute approximate surface area is 116 Å². The Hall–Kier alpha value is 1.75. The third-order valence-corrected chi connectivity index (χ3v) is 1.15. The van der Waals surface area contributed by atoms with Gasteiger partial charge in [-0.3, -0.25) is 0 Å². The third kappa shape index (κ3) is 12.4. The third-order valence-electron chi connectivity index (χ3n) is 0.915. The van der Waals surface area contributed by atoms with E-state index in [2.05, 4.69) is 38.7 Å². The number of thiocarbonyl (C=S) groups is 1. The normalized spacial score (nSPS) is 8.70. The molecule has 0 bridgehead atoms. The molecule has 0 aromatic heterocycles. The summed E-state index contributed by atoms with van der Waals surface area (Å²) in [5.74, 6) is 0.661. The first-order valence-electron chi connectivity index (χ1n) is 2.96. The van der Waals surface area contributed by atoms with E-state index in [1.165, 1.54) is 0 Å². The molecule has 0 aromatic rings. The zero-order valence-corrected chi connectivity index (χ0v) is 11.5. The van der Waals surface area contributed by atoms with Crippen molar-refractivity contribution in [3.63, 3.8) is 0 Å². The van der Waals surface area contributed by atoms with Gasteiger partial charge in [0, 0.05) is 4.38 Å². The molecule has 54 valence electrons. The molecule has 0 aromatic carbocycles. The summed E-state index contributed by atoms with van der Waals surface area (Å²) >= 11 is 9.08. The van der Waals surface area contributed by atoms with E-state index >= 15 is 0 Å². The van der Waals surface area contributed by atoms with E-state index < -0.39 is 0 Å². The minimum atomic E-state index is 0. The van der Waals surface area contributed by atoms with Crippen LogP contribution in [0.15, 0.2) is 0 Å². The monoisotopic (exact) mass is 202 g/mol. The molecule has 0 unspecified atom stereocenters. The summed E-state index contributed by atoms with van der Waals surface area (Å²) in [6, 6.07) is 0. The van der Waals surface area contributed by atoms with Crippen molar-refractivity contribution in [2.75, 3.05) is 6.61 Å². The molecule has 0 aliphatic rings. The number of ether oxygens (including phenoxy) is 1. The van der Waals surface area contributed by atoms with Gasteiger partial charge < -0.3 is 29.6 Å². The molecular weight excluding hydrogens is 191 g/mol. The molecule has 0 saturated carbocycles. The van der Waals surface area contributed by atoms with E-state index in [0.717, 1.165) is 6.42 Å². The number of hydrogen-bond donors (Lipinski definition) is 0. The van der Waals surface area contributed by atoms with Crippen molar-refractivity contribution in [2.45, 2.75) is 20.3 Å². The van der Waals surface area contributed by atoms with E-state index in [4.69, 9.17) is 4.74 Å². The van der Waals surface area contributed by atoms with Crippen molar-refractivity contribution in [1.82, 2.24) is 0 Å². The van der Waals surface area contributed by atoms with Crippen LogP contribution < -0.4 is 51.4 Å². The van der Waals surface area contributed by atoms with Gasteiger partial charge in [0.25, 0.3) is 0 Å². The second kappa shape index (κ2) is 8.84. The van der Waals surface area contributed by atoms with Gasteiger partial charge in [-0.2, -0.15) is 0 Å². The van der Waals surface area contributed by atoms with Crippen molar-refractivity contribution in [1.29, 1.82) is 0 Å². The fourth-order valence-electron chi connectivity index (χ4n) is 0.378. The van der Waals surface area contributed by atoms with Crippen LogP contribution in [-0.4, -0.2) is 11.0 Å². The van der Waals surface area contributed by atoms with Crippen LogP contribution in [0.25, 0.3) is 0 Å². The largest absolute Gasteiger partial charge is 1.00 e. The Bertz CT molecular complexity index is 95.7. The molecule has 0 aliphatic heterocycles. The van der Waals surface area contributed by atoms with Crippen molar-refractivity contribution in [3.8, 4) is 0 Å².